The number of pyridine rings is 1. The van der Waals surface area contributed by atoms with Crippen molar-refractivity contribution in [3.63, 3.8) is 0 Å². The molecule has 2 N–H and O–H groups in total. The van der Waals surface area contributed by atoms with Gasteiger partial charge >= 0.3 is 0 Å². The molecule has 0 saturated heterocycles. The minimum Gasteiger partial charge on any atom is -0.358 e. The number of halogens is 2. The quantitative estimate of drug-likeness (QED) is 0.693. The molecule has 0 spiro atoms. The number of H-pyrrole nitrogens is 1. The number of nitrogens with zero attached hydrogens (tertiary/aromatic N) is 1. The molecule has 126 valence electrons. The molecule has 7 heteroatoms. The SMILES string of the molecule is O=C1NCCc2[nH]c(-c3ccnc(-c4cc(F)c(F)c(P)c4)c3)cc21. The van der Waals surface area contributed by atoms with Crippen molar-refractivity contribution in [2.24, 2.45) is 0 Å². The molecule has 1 unspecified atom stereocenters. The van der Waals surface area contributed by atoms with E-state index >= 15 is 0 Å². The van der Waals surface area contributed by atoms with Gasteiger partial charge in [0.15, 0.2) is 11.6 Å². The van der Waals surface area contributed by atoms with Crippen LogP contribution < -0.4 is 10.6 Å². The summed E-state index contributed by atoms with van der Waals surface area (Å²) in [5.74, 6) is -1.89. The van der Waals surface area contributed by atoms with Crippen molar-refractivity contribution in [2.75, 3.05) is 6.54 Å². The minimum atomic E-state index is -0.915. The van der Waals surface area contributed by atoms with E-state index in [1.165, 1.54) is 6.07 Å². The molecule has 0 fully saturated rings. The van der Waals surface area contributed by atoms with Gasteiger partial charge in [-0.3, -0.25) is 9.78 Å². The zero-order valence-corrected chi connectivity index (χ0v) is 14.2. The Balaban J connectivity index is 1.77. The number of fused-ring (bicyclic) bond motifs is 1. The molecule has 0 aliphatic carbocycles. The maximum Gasteiger partial charge on any atom is 0.253 e. The summed E-state index contributed by atoms with van der Waals surface area (Å²) in [7, 11) is 2.18. The highest BCUT2D eigenvalue weighted by atomic mass is 31.0. The second kappa shape index (κ2) is 6.05. The van der Waals surface area contributed by atoms with Crippen LogP contribution in [0.4, 0.5) is 8.78 Å². The third-order valence-corrected chi connectivity index (χ3v) is 4.65. The molecular weight excluding hydrogens is 343 g/mol. The van der Waals surface area contributed by atoms with Crippen molar-refractivity contribution >= 4 is 20.5 Å². The van der Waals surface area contributed by atoms with Crippen LogP contribution in [0.3, 0.4) is 0 Å². The molecular formula is C18H14F2N3OP. The lowest BCUT2D eigenvalue weighted by Gasteiger charge is -2.11. The van der Waals surface area contributed by atoms with Gasteiger partial charge in [0.05, 0.1) is 11.3 Å². The molecule has 4 nitrogen and oxygen atoms in total. The third kappa shape index (κ3) is 2.83. The first-order chi connectivity index (χ1) is 12.0. The van der Waals surface area contributed by atoms with Gasteiger partial charge in [0, 0.05) is 47.0 Å². The molecule has 0 saturated carbocycles. The van der Waals surface area contributed by atoms with E-state index in [0.29, 0.717) is 23.4 Å². The molecule has 2 aromatic heterocycles. The first-order valence-corrected chi connectivity index (χ1v) is 8.32. The van der Waals surface area contributed by atoms with Gasteiger partial charge < -0.3 is 10.3 Å². The van der Waals surface area contributed by atoms with Crippen LogP contribution >= 0.6 is 9.24 Å². The number of amides is 1. The van der Waals surface area contributed by atoms with Gasteiger partial charge in [0.2, 0.25) is 0 Å². The predicted molar refractivity (Wildman–Crippen MR) is 94.8 cm³/mol. The second-order valence-corrected chi connectivity index (χ2v) is 6.49. The maximum absolute atomic E-state index is 13.7. The summed E-state index contributed by atoms with van der Waals surface area (Å²) in [5, 5.41) is 2.95. The summed E-state index contributed by atoms with van der Waals surface area (Å²) in [6.07, 6.45) is 2.35. The molecule has 1 aromatic carbocycles. The van der Waals surface area contributed by atoms with Crippen LogP contribution in [0.5, 0.6) is 0 Å². The molecule has 4 rings (SSSR count). The summed E-state index contributed by atoms with van der Waals surface area (Å²) in [6, 6.07) is 8.05. The number of carbonyl (C=O) groups excluding carboxylic acids is 1. The molecule has 0 bridgehead atoms. The fraction of sp³-hybridized carbons (Fsp3) is 0.111. The summed E-state index contributed by atoms with van der Waals surface area (Å²) in [4.78, 5) is 19.4. The highest BCUT2D eigenvalue weighted by molar-refractivity contribution is 7.27. The van der Waals surface area contributed by atoms with Crippen molar-refractivity contribution in [1.82, 2.24) is 15.3 Å². The van der Waals surface area contributed by atoms with Crippen LogP contribution in [-0.2, 0) is 6.42 Å². The zero-order chi connectivity index (χ0) is 17.6. The zero-order valence-electron chi connectivity index (χ0n) is 13.1. The lowest BCUT2D eigenvalue weighted by atomic mass is 10.1. The van der Waals surface area contributed by atoms with Crippen molar-refractivity contribution in [3.8, 4) is 22.5 Å². The Bertz CT molecular complexity index is 977. The third-order valence-electron chi connectivity index (χ3n) is 4.23. The van der Waals surface area contributed by atoms with E-state index in [2.05, 4.69) is 24.5 Å². The minimum absolute atomic E-state index is 0.0914. The van der Waals surface area contributed by atoms with E-state index < -0.39 is 11.6 Å². The highest BCUT2D eigenvalue weighted by Crippen LogP contribution is 2.27. The second-order valence-electron chi connectivity index (χ2n) is 5.87. The van der Waals surface area contributed by atoms with E-state index in [1.54, 1.807) is 24.4 Å². The lowest BCUT2D eigenvalue weighted by molar-refractivity contribution is 0.0946. The average molecular weight is 357 g/mol. The van der Waals surface area contributed by atoms with E-state index in [4.69, 9.17) is 0 Å². The average Bonchev–Trinajstić information content (AvgIpc) is 3.05. The number of hydrogen-bond acceptors (Lipinski definition) is 2. The summed E-state index contributed by atoms with van der Waals surface area (Å²) >= 11 is 0. The van der Waals surface area contributed by atoms with E-state index in [1.807, 2.05) is 0 Å². The Morgan fingerprint density at radius 2 is 1.96 bits per heavy atom. The van der Waals surface area contributed by atoms with Gasteiger partial charge in [-0.1, -0.05) is 0 Å². The van der Waals surface area contributed by atoms with E-state index in [9.17, 15) is 13.6 Å². The van der Waals surface area contributed by atoms with E-state index in [-0.39, 0.29) is 11.2 Å². The number of nitrogens with one attached hydrogen (secondary N) is 2. The van der Waals surface area contributed by atoms with Crippen LogP contribution in [0.1, 0.15) is 16.1 Å². The molecule has 0 radical (unpaired) electrons. The summed E-state index contributed by atoms with van der Waals surface area (Å²) in [5.41, 5.74) is 4.16. The van der Waals surface area contributed by atoms with Crippen LogP contribution in [0.15, 0.2) is 36.5 Å². The predicted octanol–water partition coefficient (Wildman–Crippen LogP) is 2.81. The van der Waals surface area contributed by atoms with Crippen LogP contribution in [0.2, 0.25) is 0 Å². The first kappa shape index (κ1) is 15.9. The van der Waals surface area contributed by atoms with Crippen LogP contribution in [0, 0.1) is 11.6 Å². The molecule has 3 heterocycles. The number of carbonyl (C=O) groups is 1. The Labute approximate surface area is 144 Å². The van der Waals surface area contributed by atoms with Gasteiger partial charge in [0.25, 0.3) is 5.91 Å². The van der Waals surface area contributed by atoms with Crippen LogP contribution in [-0.4, -0.2) is 22.4 Å². The molecule has 1 amide bonds. The van der Waals surface area contributed by atoms with Crippen LogP contribution in [0.25, 0.3) is 22.5 Å². The topological polar surface area (TPSA) is 57.8 Å². The van der Waals surface area contributed by atoms with Crippen molar-refractivity contribution in [1.29, 1.82) is 0 Å². The van der Waals surface area contributed by atoms with Gasteiger partial charge in [0.1, 0.15) is 0 Å². The van der Waals surface area contributed by atoms with Crippen molar-refractivity contribution in [3.05, 3.63) is 59.4 Å². The molecule has 1 aliphatic heterocycles. The smallest absolute Gasteiger partial charge is 0.253 e. The molecule has 25 heavy (non-hydrogen) atoms. The normalized spacial score (nSPS) is 13.5. The maximum atomic E-state index is 13.7. The largest absolute Gasteiger partial charge is 0.358 e. The lowest BCUT2D eigenvalue weighted by Crippen LogP contribution is -2.31. The fourth-order valence-corrected chi connectivity index (χ4v) is 3.28. The monoisotopic (exact) mass is 357 g/mol. The summed E-state index contributed by atoms with van der Waals surface area (Å²) < 4.78 is 27.2. The first-order valence-electron chi connectivity index (χ1n) is 7.74. The highest BCUT2D eigenvalue weighted by Gasteiger charge is 2.20. The molecule has 1 aliphatic rings. The van der Waals surface area contributed by atoms with Gasteiger partial charge in [-0.2, -0.15) is 0 Å². The number of rotatable bonds is 2. The summed E-state index contributed by atoms with van der Waals surface area (Å²) in [6.45, 7) is 0.610. The van der Waals surface area contributed by atoms with Crippen molar-refractivity contribution in [2.45, 2.75) is 6.42 Å². The van der Waals surface area contributed by atoms with Gasteiger partial charge in [-0.05, 0) is 30.3 Å². The van der Waals surface area contributed by atoms with E-state index in [0.717, 1.165) is 29.4 Å². The number of benzene rings is 1. The Kier molecular flexibility index (Phi) is 3.85. The van der Waals surface area contributed by atoms with Gasteiger partial charge in [-0.15, -0.1) is 9.24 Å². The Morgan fingerprint density at radius 3 is 2.72 bits per heavy atom. The standard InChI is InChI=1S/C18H14F2N3OP/c19-12-5-10(7-16(25)17(12)20)14-6-9(1-3-21-14)15-8-11-13(23-15)2-4-22-18(11)24/h1,3,5-8,23H,2,4,25H2,(H,22,24). The Hall–Kier alpha value is -2.59. The van der Waals surface area contributed by atoms with Crippen molar-refractivity contribution < 1.29 is 13.6 Å². The molecule has 1 atom stereocenters. The van der Waals surface area contributed by atoms with Gasteiger partial charge in [-0.25, -0.2) is 8.78 Å². The molecule has 3 aromatic rings. The Morgan fingerprint density at radius 1 is 1.12 bits per heavy atom. The fourth-order valence-electron chi connectivity index (χ4n) is 2.96. The number of aromatic nitrogens is 2. The number of aromatic amines is 1. The number of hydrogen-bond donors (Lipinski definition) is 2.